The first-order valence-electron chi connectivity index (χ1n) is 5.59. The maximum atomic E-state index is 5.18. The summed E-state index contributed by atoms with van der Waals surface area (Å²) in [7, 11) is 1.65. The van der Waals surface area contributed by atoms with E-state index < -0.39 is 0 Å². The highest BCUT2D eigenvalue weighted by Gasteiger charge is 1.97. The highest BCUT2D eigenvalue weighted by Crippen LogP contribution is 2.14. The van der Waals surface area contributed by atoms with Crippen LogP contribution in [0.25, 0.3) is 0 Å². The minimum Gasteiger partial charge on any atom is -0.497 e. The van der Waals surface area contributed by atoms with Crippen LogP contribution in [0.4, 0.5) is 5.69 Å². The van der Waals surface area contributed by atoms with Crippen LogP contribution in [0.2, 0.25) is 0 Å². The normalized spacial score (nSPS) is 9.76. The van der Waals surface area contributed by atoms with Gasteiger partial charge in [-0.05, 0) is 30.7 Å². The van der Waals surface area contributed by atoms with Gasteiger partial charge >= 0.3 is 0 Å². The summed E-state index contributed by atoms with van der Waals surface area (Å²) in [6.07, 6.45) is 2.39. The summed E-state index contributed by atoms with van der Waals surface area (Å²) >= 11 is 6.84. The molecule has 1 aromatic carbocycles. The fourth-order valence-corrected chi connectivity index (χ4v) is 2.19. The highest BCUT2D eigenvalue weighted by molar-refractivity contribution is 8.22. The van der Waals surface area contributed by atoms with Crippen molar-refractivity contribution in [3.63, 3.8) is 0 Å². The van der Waals surface area contributed by atoms with Gasteiger partial charge in [-0.3, -0.25) is 10.9 Å². The van der Waals surface area contributed by atoms with Crippen molar-refractivity contribution in [2.24, 2.45) is 0 Å². The van der Waals surface area contributed by atoms with E-state index in [0.717, 1.165) is 21.5 Å². The quantitative estimate of drug-likeness (QED) is 0.470. The number of thiocarbonyl (C=S) groups is 1. The van der Waals surface area contributed by atoms with Crippen molar-refractivity contribution in [3.8, 4) is 5.75 Å². The molecule has 0 unspecified atom stereocenters. The first kappa shape index (κ1) is 14.1. The van der Waals surface area contributed by atoms with E-state index in [0.29, 0.717) is 0 Å². The Morgan fingerprint density at radius 1 is 1.35 bits per heavy atom. The predicted molar refractivity (Wildman–Crippen MR) is 79.7 cm³/mol. The molecule has 2 N–H and O–H groups in total. The molecule has 1 rings (SSSR count). The number of hydrogen-bond acceptors (Lipinski definition) is 4. The van der Waals surface area contributed by atoms with Gasteiger partial charge in [-0.1, -0.05) is 37.3 Å². The Morgan fingerprint density at radius 2 is 2.06 bits per heavy atom. The van der Waals surface area contributed by atoms with Crippen LogP contribution in [-0.4, -0.2) is 17.2 Å². The van der Waals surface area contributed by atoms with Gasteiger partial charge < -0.3 is 4.74 Å². The molecule has 0 radical (unpaired) electrons. The number of ether oxygens (including phenoxy) is 1. The summed E-state index contributed by atoms with van der Waals surface area (Å²) in [5.74, 6) is 1.91. The molecule has 5 heteroatoms. The van der Waals surface area contributed by atoms with Gasteiger partial charge in [0.05, 0.1) is 12.8 Å². The zero-order valence-corrected chi connectivity index (χ0v) is 11.8. The number of methoxy groups -OCH3 is 1. The van der Waals surface area contributed by atoms with E-state index in [2.05, 4.69) is 17.8 Å². The minimum absolute atomic E-state index is 0.772. The van der Waals surface area contributed by atoms with Crippen LogP contribution in [0.5, 0.6) is 5.75 Å². The average Bonchev–Trinajstić information content (AvgIpc) is 2.37. The van der Waals surface area contributed by atoms with Crippen LogP contribution >= 0.6 is 24.0 Å². The SMILES string of the molecule is CCCCSC(=S)NNc1ccc(OC)cc1. The van der Waals surface area contributed by atoms with E-state index in [4.69, 9.17) is 17.0 Å². The van der Waals surface area contributed by atoms with Gasteiger partial charge in [0.15, 0.2) is 4.32 Å². The summed E-state index contributed by atoms with van der Waals surface area (Å²) in [5.41, 5.74) is 7.02. The second-order valence-corrected chi connectivity index (χ2v) is 5.24. The Hall–Kier alpha value is -0.940. The number of benzene rings is 1. The number of nitrogens with one attached hydrogen (secondary N) is 2. The Bertz CT molecular complexity index is 341. The van der Waals surface area contributed by atoms with Crippen molar-refractivity contribution in [2.75, 3.05) is 18.3 Å². The Labute approximate surface area is 112 Å². The summed E-state index contributed by atoms with van der Waals surface area (Å²) in [6, 6.07) is 7.67. The Morgan fingerprint density at radius 3 is 2.65 bits per heavy atom. The molecule has 94 valence electrons. The number of thioether (sulfide) groups is 1. The minimum atomic E-state index is 0.772. The summed E-state index contributed by atoms with van der Waals surface area (Å²) in [4.78, 5) is 0. The van der Waals surface area contributed by atoms with Gasteiger partial charge in [-0.2, -0.15) is 0 Å². The molecule has 0 aliphatic carbocycles. The van der Waals surface area contributed by atoms with Gasteiger partial charge in [-0.15, -0.1) is 0 Å². The van der Waals surface area contributed by atoms with Crippen LogP contribution < -0.4 is 15.6 Å². The van der Waals surface area contributed by atoms with Crippen molar-refractivity contribution in [1.29, 1.82) is 0 Å². The average molecular weight is 270 g/mol. The van der Waals surface area contributed by atoms with Crippen LogP contribution in [0.15, 0.2) is 24.3 Å². The third kappa shape index (κ3) is 5.79. The maximum Gasteiger partial charge on any atom is 0.152 e. The third-order valence-electron chi connectivity index (χ3n) is 2.13. The second kappa shape index (κ2) is 8.20. The molecular weight excluding hydrogens is 252 g/mol. The largest absolute Gasteiger partial charge is 0.497 e. The van der Waals surface area contributed by atoms with E-state index in [1.807, 2.05) is 24.3 Å². The molecule has 0 atom stereocenters. The smallest absolute Gasteiger partial charge is 0.152 e. The number of unbranched alkanes of at least 4 members (excludes halogenated alkanes) is 1. The lowest BCUT2D eigenvalue weighted by atomic mass is 10.3. The van der Waals surface area contributed by atoms with Crippen molar-refractivity contribution in [2.45, 2.75) is 19.8 Å². The molecule has 0 aliphatic heterocycles. The van der Waals surface area contributed by atoms with Gasteiger partial charge in [0.2, 0.25) is 0 Å². The summed E-state index contributed by atoms with van der Waals surface area (Å²) in [6.45, 7) is 2.17. The molecule has 0 aromatic heterocycles. The molecule has 1 aromatic rings. The lowest BCUT2D eigenvalue weighted by Gasteiger charge is -2.10. The standard InChI is InChI=1S/C12H18N2OS2/c1-3-4-9-17-12(16)14-13-10-5-7-11(15-2)8-6-10/h5-8,13H,3-4,9H2,1-2H3,(H,14,16). The first-order chi connectivity index (χ1) is 8.26. The van der Waals surface area contributed by atoms with E-state index in [-0.39, 0.29) is 0 Å². The Balaban J connectivity index is 2.27. The van der Waals surface area contributed by atoms with Crippen LogP contribution in [-0.2, 0) is 0 Å². The van der Waals surface area contributed by atoms with Gasteiger partial charge in [-0.25, -0.2) is 0 Å². The lowest BCUT2D eigenvalue weighted by molar-refractivity contribution is 0.415. The van der Waals surface area contributed by atoms with Crippen molar-refractivity contribution in [3.05, 3.63) is 24.3 Å². The summed E-state index contributed by atoms with van der Waals surface area (Å²) in [5, 5.41) is 0. The topological polar surface area (TPSA) is 33.3 Å². The van der Waals surface area contributed by atoms with Crippen LogP contribution in [0, 0.1) is 0 Å². The third-order valence-corrected chi connectivity index (χ3v) is 3.44. The molecule has 0 fully saturated rings. The van der Waals surface area contributed by atoms with Gasteiger partial charge in [0.1, 0.15) is 5.75 Å². The fourth-order valence-electron chi connectivity index (χ4n) is 1.14. The zero-order chi connectivity index (χ0) is 12.5. The lowest BCUT2D eigenvalue weighted by Crippen LogP contribution is -2.25. The predicted octanol–water partition coefficient (Wildman–Crippen LogP) is 3.43. The molecule has 0 spiro atoms. The van der Waals surface area contributed by atoms with E-state index in [1.165, 1.54) is 12.8 Å². The van der Waals surface area contributed by atoms with Crippen molar-refractivity contribution in [1.82, 2.24) is 5.43 Å². The molecule has 3 nitrogen and oxygen atoms in total. The molecule has 0 saturated heterocycles. The highest BCUT2D eigenvalue weighted by atomic mass is 32.2. The van der Waals surface area contributed by atoms with E-state index in [9.17, 15) is 0 Å². The van der Waals surface area contributed by atoms with Crippen LogP contribution in [0.3, 0.4) is 0 Å². The van der Waals surface area contributed by atoms with E-state index in [1.54, 1.807) is 18.9 Å². The number of anilines is 1. The Kier molecular flexibility index (Phi) is 6.81. The molecule has 0 saturated carbocycles. The molecule has 0 heterocycles. The number of hydrazine groups is 1. The molecule has 17 heavy (non-hydrogen) atoms. The first-order valence-corrected chi connectivity index (χ1v) is 6.98. The molecule has 0 bridgehead atoms. The summed E-state index contributed by atoms with van der Waals surface area (Å²) < 4.78 is 5.85. The number of rotatable bonds is 6. The van der Waals surface area contributed by atoms with E-state index >= 15 is 0 Å². The fraction of sp³-hybridized carbons (Fsp3) is 0.417. The molecular formula is C12H18N2OS2. The van der Waals surface area contributed by atoms with Crippen molar-refractivity contribution < 1.29 is 4.74 Å². The molecule has 0 amide bonds. The number of hydrogen-bond donors (Lipinski definition) is 2. The second-order valence-electron chi connectivity index (χ2n) is 3.47. The monoisotopic (exact) mass is 270 g/mol. The van der Waals surface area contributed by atoms with Crippen LogP contribution in [0.1, 0.15) is 19.8 Å². The zero-order valence-electron chi connectivity index (χ0n) is 10.2. The van der Waals surface area contributed by atoms with Gasteiger partial charge in [0, 0.05) is 5.75 Å². The van der Waals surface area contributed by atoms with Crippen molar-refractivity contribution >= 4 is 34.0 Å². The van der Waals surface area contributed by atoms with Gasteiger partial charge in [0.25, 0.3) is 0 Å². The maximum absolute atomic E-state index is 5.18. The molecule has 0 aliphatic rings.